The molecule has 2 rings (SSSR count). The Labute approximate surface area is 120 Å². The van der Waals surface area contributed by atoms with E-state index in [1.807, 2.05) is 0 Å². The van der Waals surface area contributed by atoms with Gasteiger partial charge in [0.15, 0.2) is 11.5 Å². The maximum atomic E-state index is 12.4. The van der Waals surface area contributed by atoms with Crippen LogP contribution >= 0.6 is 15.9 Å². The van der Waals surface area contributed by atoms with Gasteiger partial charge in [-0.25, -0.2) is 8.42 Å². The molecular formula is C11H14BrNO5S. The molecule has 0 saturated carbocycles. The first-order valence-electron chi connectivity index (χ1n) is 5.58. The number of methoxy groups -OCH3 is 2. The Morgan fingerprint density at radius 1 is 1.26 bits per heavy atom. The zero-order valence-electron chi connectivity index (χ0n) is 10.6. The van der Waals surface area contributed by atoms with Gasteiger partial charge in [-0.1, -0.05) is 4.47 Å². The molecule has 0 unspecified atom stereocenters. The van der Waals surface area contributed by atoms with Crippen LogP contribution in [0.3, 0.4) is 0 Å². The molecule has 106 valence electrons. The fourth-order valence-electron chi connectivity index (χ4n) is 1.76. The minimum Gasteiger partial charge on any atom is -0.493 e. The zero-order chi connectivity index (χ0) is 14.0. The summed E-state index contributed by atoms with van der Waals surface area (Å²) in [4.78, 5) is 5.20. The number of hydrogen-bond donors (Lipinski definition) is 0. The van der Waals surface area contributed by atoms with Crippen molar-refractivity contribution in [1.29, 1.82) is 0 Å². The van der Waals surface area contributed by atoms with Gasteiger partial charge in [0.2, 0.25) is 0 Å². The molecule has 0 atom stereocenters. The largest absolute Gasteiger partial charge is 0.493 e. The van der Waals surface area contributed by atoms with Crippen molar-refractivity contribution in [2.45, 2.75) is 11.3 Å². The van der Waals surface area contributed by atoms with Crippen molar-refractivity contribution in [3.63, 3.8) is 0 Å². The maximum absolute atomic E-state index is 12.4. The van der Waals surface area contributed by atoms with Gasteiger partial charge in [0, 0.05) is 17.1 Å². The highest BCUT2D eigenvalue weighted by atomic mass is 79.9. The molecule has 1 aliphatic heterocycles. The quantitative estimate of drug-likeness (QED) is 0.827. The van der Waals surface area contributed by atoms with Crippen molar-refractivity contribution in [2.24, 2.45) is 0 Å². The fourth-order valence-corrected chi connectivity index (χ4v) is 4.06. The summed E-state index contributed by atoms with van der Waals surface area (Å²) in [6.45, 7) is 0.757. The summed E-state index contributed by atoms with van der Waals surface area (Å²) in [5.74, 6) is 0.805. The van der Waals surface area contributed by atoms with E-state index >= 15 is 0 Å². The molecule has 1 aromatic rings. The van der Waals surface area contributed by atoms with Gasteiger partial charge in [-0.05, 0) is 28.4 Å². The lowest BCUT2D eigenvalue weighted by atomic mass is 10.3. The molecule has 1 saturated heterocycles. The molecule has 19 heavy (non-hydrogen) atoms. The van der Waals surface area contributed by atoms with E-state index in [4.69, 9.17) is 14.3 Å². The Kier molecular flexibility index (Phi) is 4.34. The standard InChI is InChI=1S/C11H14BrNO5S/c1-16-9-6-8(12)11(7-10(9)17-2)19(14,15)13-4-3-5-18-13/h6-7H,3-5H2,1-2H3. The third-order valence-electron chi connectivity index (χ3n) is 2.70. The SMILES string of the molecule is COc1cc(Br)c(S(=O)(=O)N2CCCO2)cc1OC. The number of hydroxylamine groups is 1. The number of sulfonamides is 1. The van der Waals surface area contributed by atoms with Gasteiger partial charge in [-0.2, -0.15) is 0 Å². The summed E-state index contributed by atoms with van der Waals surface area (Å²) in [5.41, 5.74) is 0. The normalized spacial score (nSPS) is 16.6. The first-order chi connectivity index (χ1) is 9.00. The molecular weight excluding hydrogens is 338 g/mol. The Balaban J connectivity index is 2.49. The van der Waals surface area contributed by atoms with Crippen LogP contribution in [0, 0.1) is 0 Å². The molecule has 0 aliphatic carbocycles. The molecule has 1 heterocycles. The first-order valence-corrected chi connectivity index (χ1v) is 7.81. The van der Waals surface area contributed by atoms with Gasteiger partial charge >= 0.3 is 0 Å². The average molecular weight is 352 g/mol. The van der Waals surface area contributed by atoms with E-state index in [9.17, 15) is 8.42 Å². The highest BCUT2D eigenvalue weighted by Gasteiger charge is 2.31. The lowest BCUT2D eigenvalue weighted by Crippen LogP contribution is -2.27. The number of hydrogen-bond acceptors (Lipinski definition) is 5. The maximum Gasteiger partial charge on any atom is 0.266 e. The van der Waals surface area contributed by atoms with Gasteiger partial charge in [0.05, 0.1) is 20.8 Å². The third kappa shape index (κ3) is 2.71. The lowest BCUT2D eigenvalue weighted by Gasteiger charge is -2.17. The Hall–Kier alpha value is -0.830. The van der Waals surface area contributed by atoms with Gasteiger partial charge in [0.25, 0.3) is 10.0 Å². The van der Waals surface area contributed by atoms with Crippen LogP contribution in [0.4, 0.5) is 0 Å². The molecule has 0 aromatic heterocycles. The predicted octanol–water partition coefficient (Wildman–Crippen LogP) is 1.79. The van der Waals surface area contributed by atoms with Crippen molar-refractivity contribution in [3.05, 3.63) is 16.6 Å². The lowest BCUT2D eigenvalue weighted by molar-refractivity contribution is -0.0285. The van der Waals surface area contributed by atoms with Gasteiger partial charge in [0.1, 0.15) is 4.90 Å². The summed E-state index contributed by atoms with van der Waals surface area (Å²) in [7, 11) is -0.757. The van der Waals surface area contributed by atoms with Crippen molar-refractivity contribution < 1.29 is 22.7 Å². The molecule has 0 amide bonds. The number of nitrogens with zero attached hydrogens (tertiary/aromatic N) is 1. The molecule has 1 aromatic carbocycles. The summed E-state index contributed by atoms with van der Waals surface area (Å²) in [5, 5.41) is 0. The minimum atomic E-state index is -3.70. The Morgan fingerprint density at radius 3 is 2.42 bits per heavy atom. The van der Waals surface area contributed by atoms with E-state index in [0.717, 1.165) is 4.47 Å². The average Bonchev–Trinajstić information content (AvgIpc) is 2.92. The highest BCUT2D eigenvalue weighted by molar-refractivity contribution is 9.10. The topological polar surface area (TPSA) is 65.1 Å². The number of ether oxygens (including phenoxy) is 2. The van der Waals surface area contributed by atoms with Crippen LogP contribution in [0.5, 0.6) is 11.5 Å². The van der Waals surface area contributed by atoms with Crippen LogP contribution in [0.1, 0.15) is 6.42 Å². The van der Waals surface area contributed by atoms with Crippen molar-refractivity contribution in [1.82, 2.24) is 4.47 Å². The van der Waals surface area contributed by atoms with E-state index in [2.05, 4.69) is 15.9 Å². The Morgan fingerprint density at radius 2 is 1.89 bits per heavy atom. The van der Waals surface area contributed by atoms with Gasteiger partial charge < -0.3 is 9.47 Å². The highest BCUT2D eigenvalue weighted by Crippen LogP contribution is 2.37. The Bertz CT molecular complexity index is 569. The van der Waals surface area contributed by atoms with E-state index in [1.165, 1.54) is 20.3 Å². The van der Waals surface area contributed by atoms with Crippen LogP contribution in [0.25, 0.3) is 0 Å². The second-order valence-electron chi connectivity index (χ2n) is 3.86. The van der Waals surface area contributed by atoms with Crippen LogP contribution in [-0.4, -0.2) is 40.3 Å². The number of benzene rings is 1. The minimum absolute atomic E-state index is 0.0899. The summed E-state index contributed by atoms with van der Waals surface area (Å²) in [6.07, 6.45) is 0.685. The van der Waals surface area contributed by atoms with E-state index in [0.29, 0.717) is 35.5 Å². The molecule has 1 fully saturated rings. The summed E-state index contributed by atoms with van der Waals surface area (Å²) in [6, 6.07) is 2.97. The van der Waals surface area contributed by atoms with Crippen LogP contribution in [-0.2, 0) is 14.9 Å². The fraction of sp³-hybridized carbons (Fsp3) is 0.455. The monoisotopic (exact) mass is 351 g/mol. The van der Waals surface area contributed by atoms with Crippen molar-refractivity contribution in [2.75, 3.05) is 27.4 Å². The molecule has 0 N–H and O–H groups in total. The number of halogens is 1. The summed E-state index contributed by atoms with van der Waals surface area (Å²) < 4.78 is 36.4. The summed E-state index contributed by atoms with van der Waals surface area (Å²) >= 11 is 3.24. The molecule has 0 bridgehead atoms. The van der Waals surface area contributed by atoms with E-state index in [-0.39, 0.29) is 4.90 Å². The van der Waals surface area contributed by atoms with Gasteiger partial charge in [-0.15, -0.1) is 0 Å². The molecule has 0 spiro atoms. The third-order valence-corrected chi connectivity index (χ3v) is 5.34. The van der Waals surface area contributed by atoms with Crippen LogP contribution < -0.4 is 9.47 Å². The molecule has 0 radical (unpaired) electrons. The van der Waals surface area contributed by atoms with Crippen LogP contribution in [0.2, 0.25) is 0 Å². The smallest absolute Gasteiger partial charge is 0.266 e. The van der Waals surface area contributed by atoms with E-state index in [1.54, 1.807) is 6.07 Å². The second-order valence-corrected chi connectivity index (χ2v) is 6.51. The first kappa shape index (κ1) is 14.6. The van der Waals surface area contributed by atoms with Crippen molar-refractivity contribution >= 4 is 26.0 Å². The molecule has 1 aliphatic rings. The number of rotatable bonds is 4. The molecule has 6 nitrogen and oxygen atoms in total. The van der Waals surface area contributed by atoms with Crippen molar-refractivity contribution in [3.8, 4) is 11.5 Å². The second kappa shape index (κ2) is 5.66. The zero-order valence-corrected chi connectivity index (χ0v) is 13.0. The predicted molar refractivity (Wildman–Crippen MR) is 71.7 cm³/mol. The van der Waals surface area contributed by atoms with Gasteiger partial charge in [-0.3, -0.25) is 4.84 Å². The molecule has 8 heteroatoms. The van der Waals surface area contributed by atoms with E-state index < -0.39 is 10.0 Å². The van der Waals surface area contributed by atoms with Crippen LogP contribution in [0.15, 0.2) is 21.5 Å².